The molecule has 0 saturated carbocycles. The van der Waals surface area contributed by atoms with Crippen molar-refractivity contribution in [3.63, 3.8) is 0 Å². The lowest BCUT2D eigenvalue weighted by atomic mass is 10.0. The maximum Gasteiger partial charge on any atom is 0.270 e. The van der Waals surface area contributed by atoms with Crippen LogP contribution in [0.15, 0.2) is 73.3 Å². The first kappa shape index (κ1) is 18.6. The second-order valence-corrected chi connectivity index (χ2v) is 6.63. The van der Waals surface area contributed by atoms with Gasteiger partial charge in [-0.15, -0.1) is 0 Å². The Hall–Kier alpha value is -3.80. The van der Waals surface area contributed by atoms with E-state index in [2.05, 4.69) is 20.3 Å². The monoisotopic (exact) mass is 384 g/mol. The normalized spacial score (nSPS) is 11.8. The minimum Gasteiger partial charge on any atom is -0.496 e. The van der Waals surface area contributed by atoms with Crippen LogP contribution in [0.25, 0.3) is 22.0 Å². The first-order valence-corrected chi connectivity index (χ1v) is 9.26. The van der Waals surface area contributed by atoms with Crippen LogP contribution >= 0.6 is 0 Å². The van der Waals surface area contributed by atoms with Crippen LogP contribution in [-0.2, 0) is 0 Å². The third-order valence-electron chi connectivity index (χ3n) is 4.77. The van der Waals surface area contributed by atoms with E-state index in [0.717, 1.165) is 27.8 Å². The number of methoxy groups -OCH3 is 1. The van der Waals surface area contributed by atoms with Gasteiger partial charge in [0.2, 0.25) is 0 Å². The summed E-state index contributed by atoms with van der Waals surface area (Å²) in [6.45, 7) is 1.92. The van der Waals surface area contributed by atoms with Gasteiger partial charge < -0.3 is 10.1 Å². The number of nitrogens with zero attached hydrogens (tertiary/aromatic N) is 3. The zero-order valence-electron chi connectivity index (χ0n) is 16.2. The van der Waals surface area contributed by atoms with Gasteiger partial charge in [0.25, 0.3) is 5.91 Å². The first-order valence-electron chi connectivity index (χ1n) is 9.26. The molecule has 1 amide bonds. The lowest BCUT2D eigenvalue weighted by Crippen LogP contribution is -2.27. The molecule has 0 saturated heterocycles. The molecule has 1 aromatic carbocycles. The number of benzene rings is 1. The Bertz CT molecular complexity index is 1160. The van der Waals surface area contributed by atoms with Crippen LogP contribution in [0.4, 0.5) is 0 Å². The third kappa shape index (κ3) is 3.78. The van der Waals surface area contributed by atoms with E-state index >= 15 is 0 Å². The van der Waals surface area contributed by atoms with Gasteiger partial charge in [-0.1, -0.05) is 24.3 Å². The number of nitrogens with one attached hydrogen (secondary N) is 1. The van der Waals surface area contributed by atoms with Crippen molar-refractivity contribution in [3.8, 4) is 16.9 Å². The maximum absolute atomic E-state index is 13.0. The molecule has 0 aliphatic carbocycles. The average Bonchev–Trinajstić information content (AvgIpc) is 2.78. The molecular formula is C23H20N4O2. The second-order valence-electron chi connectivity index (χ2n) is 6.63. The summed E-state index contributed by atoms with van der Waals surface area (Å²) in [7, 11) is 1.62. The highest BCUT2D eigenvalue weighted by Gasteiger charge is 2.18. The molecule has 0 spiro atoms. The number of aromatic nitrogens is 3. The maximum atomic E-state index is 13.0. The summed E-state index contributed by atoms with van der Waals surface area (Å²) in [4.78, 5) is 26.0. The van der Waals surface area contributed by atoms with Gasteiger partial charge in [-0.25, -0.2) is 4.98 Å². The molecule has 1 N–H and O–H groups in total. The number of carbonyl (C=O) groups is 1. The fourth-order valence-corrected chi connectivity index (χ4v) is 3.32. The molecule has 4 aromatic rings. The highest BCUT2D eigenvalue weighted by Crippen LogP contribution is 2.28. The summed E-state index contributed by atoms with van der Waals surface area (Å²) in [6, 6.07) is 14.8. The van der Waals surface area contributed by atoms with Crippen molar-refractivity contribution in [3.05, 3.63) is 84.6 Å². The Labute approximate surface area is 168 Å². The van der Waals surface area contributed by atoms with E-state index in [1.165, 1.54) is 0 Å². The Balaban J connectivity index is 1.71. The number of para-hydroxylation sites is 1. The van der Waals surface area contributed by atoms with Crippen molar-refractivity contribution < 1.29 is 9.53 Å². The smallest absolute Gasteiger partial charge is 0.270 e. The highest BCUT2D eigenvalue weighted by molar-refractivity contribution is 6.01. The molecule has 0 bridgehead atoms. The number of pyridine rings is 3. The van der Waals surface area contributed by atoms with E-state index in [9.17, 15) is 4.79 Å². The quantitative estimate of drug-likeness (QED) is 0.558. The summed E-state index contributed by atoms with van der Waals surface area (Å²) in [6.07, 6.45) is 6.90. The second kappa shape index (κ2) is 8.06. The molecule has 3 heterocycles. The van der Waals surface area contributed by atoms with Crippen LogP contribution in [0.5, 0.6) is 5.75 Å². The fourth-order valence-electron chi connectivity index (χ4n) is 3.32. The molecule has 0 aliphatic rings. The molecule has 3 aromatic heterocycles. The van der Waals surface area contributed by atoms with Crippen molar-refractivity contribution in [1.82, 2.24) is 20.3 Å². The fraction of sp³-hybridized carbons (Fsp3) is 0.130. The van der Waals surface area contributed by atoms with Gasteiger partial charge >= 0.3 is 0 Å². The van der Waals surface area contributed by atoms with Gasteiger partial charge in [-0.3, -0.25) is 14.8 Å². The number of carbonyl (C=O) groups excluding carboxylic acids is 1. The lowest BCUT2D eigenvalue weighted by molar-refractivity contribution is 0.0935. The summed E-state index contributed by atoms with van der Waals surface area (Å²) in [5, 5.41) is 3.89. The van der Waals surface area contributed by atoms with E-state index < -0.39 is 0 Å². The lowest BCUT2D eigenvalue weighted by Gasteiger charge is -2.17. The van der Waals surface area contributed by atoms with Crippen molar-refractivity contribution >= 4 is 16.8 Å². The van der Waals surface area contributed by atoms with Crippen LogP contribution in [0.1, 0.15) is 29.0 Å². The minimum atomic E-state index is -0.257. The number of rotatable bonds is 5. The Kier molecular flexibility index (Phi) is 5.16. The number of hydrogen-bond donors (Lipinski definition) is 1. The topological polar surface area (TPSA) is 77.0 Å². The zero-order valence-corrected chi connectivity index (χ0v) is 16.2. The summed E-state index contributed by atoms with van der Waals surface area (Å²) < 4.78 is 5.41. The SMILES string of the molecule is COc1ccccc1C(C)NC(=O)c1cc(-c2cccnc2)c2cnccc2n1. The van der Waals surface area contributed by atoms with Crippen LogP contribution < -0.4 is 10.1 Å². The standard InChI is InChI=1S/C23H20N4O2/c1-15(17-7-3-4-8-22(17)29-2)26-23(28)21-12-18(16-6-5-10-24-13-16)19-14-25-11-9-20(19)27-21/h3-15H,1-2H3,(H,26,28). The number of ether oxygens (including phenoxy) is 1. The van der Waals surface area contributed by atoms with E-state index in [1.807, 2.05) is 43.3 Å². The van der Waals surface area contributed by atoms with Gasteiger partial charge in [0.05, 0.1) is 18.7 Å². The number of amides is 1. The molecular weight excluding hydrogens is 364 g/mol. The first-order chi connectivity index (χ1) is 14.2. The molecule has 29 heavy (non-hydrogen) atoms. The van der Waals surface area contributed by atoms with Crippen LogP contribution in [0, 0.1) is 0 Å². The van der Waals surface area contributed by atoms with Gasteiger partial charge in [0.1, 0.15) is 11.4 Å². The Morgan fingerprint density at radius 2 is 1.86 bits per heavy atom. The van der Waals surface area contributed by atoms with E-state index in [1.54, 1.807) is 44.0 Å². The van der Waals surface area contributed by atoms with Crippen LogP contribution in [-0.4, -0.2) is 28.0 Å². The third-order valence-corrected chi connectivity index (χ3v) is 4.77. The van der Waals surface area contributed by atoms with Gasteiger partial charge in [-0.2, -0.15) is 0 Å². The van der Waals surface area contributed by atoms with E-state index in [-0.39, 0.29) is 11.9 Å². The molecule has 6 heteroatoms. The van der Waals surface area contributed by atoms with E-state index in [0.29, 0.717) is 11.2 Å². The minimum absolute atomic E-state index is 0.240. The Morgan fingerprint density at radius 1 is 1.03 bits per heavy atom. The number of hydrogen-bond acceptors (Lipinski definition) is 5. The molecule has 1 atom stereocenters. The zero-order chi connectivity index (χ0) is 20.2. The summed E-state index contributed by atoms with van der Waals surface area (Å²) in [5.74, 6) is 0.473. The van der Waals surface area contributed by atoms with Gasteiger partial charge in [-0.05, 0) is 36.8 Å². The molecule has 4 rings (SSSR count). The van der Waals surface area contributed by atoms with Gasteiger partial charge in [0.15, 0.2) is 0 Å². The largest absolute Gasteiger partial charge is 0.496 e. The Morgan fingerprint density at radius 3 is 2.66 bits per heavy atom. The summed E-state index contributed by atoms with van der Waals surface area (Å²) in [5.41, 5.74) is 3.72. The van der Waals surface area contributed by atoms with E-state index in [4.69, 9.17) is 4.74 Å². The highest BCUT2D eigenvalue weighted by atomic mass is 16.5. The van der Waals surface area contributed by atoms with Crippen LogP contribution in [0.2, 0.25) is 0 Å². The predicted octanol–water partition coefficient (Wildman–Crippen LogP) is 4.19. The molecule has 6 nitrogen and oxygen atoms in total. The van der Waals surface area contributed by atoms with Crippen LogP contribution in [0.3, 0.4) is 0 Å². The van der Waals surface area contributed by atoms with Crippen molar-refractivity contribution in [1.29, 1.82) is 0 Å². The summed E-state index contributed by atoms with van der Waals surface area (Å²) >= 11 is 0. The van der Waals surface area contributed by atoms with Gasteiger partial charge in [0, 0.05) is 41.3 Å². The number of fused-ring (bicyclic) bond motifs is 1. The molecule has 144 valence electrons. The molecule has 0 aliphatic heterocycles. The van der Waals surface area contributed by atoms with Crippen molar-refractivity contribution in [2.45, 2.75) is 13.0 Å². The molecule has 0 fully saturated rings. The molecule has 0 radical (unpaired) electrons. The predicted molar refractivity (Wildman–Crippen MR) is 112 cm³/mol. The van der Waals surface area contributed by atoms with Crippen molar-refractivity contribution in [2.24, 2.45) is 0 Å². The average molecular weight is 384 g/mol. The molecule has 1 unspecified atom stereocenters. The van der Waals surface area contributed by atoms with Crippen molar-refractivity contribution in [2.75, 3.05) is 7.11 Å².